The van der Waals surface area contributed by atoms with Gasteiger partial charge in [0.05, 0.1) is 12.3 Å². The predicted octanol–water partition coefficient (Wildman–Crippen LogP) is 1.87. The summed E-state index contributed by atoms with van der Waals surface area (Å²) in [4.78, 5) is 8.34. The highest BCUT2D eigenvalue weighted by molar-refractivity contribution is 5.29. The molecular formula is C14H17N3O. The Balaban J connectivity index is 1.94. The van der Waals surface area contributed by atoms with Crippen LogP contribution >= 0.6 is 0 Å². The summed E-state index contributed by atoms with van der Waals surface area (Å²) in [7, 11) is 0. The zero-order valence-corrected chi connectivity index (χ0v) is 10.5. The second-order valence-corrected chi connectivity index (χ2v) is 4.06. The standard InChI is InChI=1S/C14H17N3O/c1-11-2-3-14(13(10-15)17-11)18-9-6-12-4-7-16-8-5-12/h2-5,7-8H,6,9-10,15H2,1H3. The molecule has 94 valence electrons. The van der Waals surface area contributed by atoms with Crippen molar-refractivity contribution in [2.45, 2.75) is 19.9 Å². The molecule has 0 fully saturated rings. The van der Waals surface area contributed by atoms with Gasteiger partial charge in [-0.25, -0.2) is 0 Å². The third kappa shape index (κ3) is 3.28. The van der Waals surface area contributed by atoms with Gasteiger partial charge < -0.3 is 10.5 Å². The van der Waals surface area contributed by atoms with Crippen LogP contribution in [0.1, 0.15) is 17.0 Å². The lowest BCUT2D eigenvalue weighted by atomic mass is 10.2. The van der Waals surface area contributed by atoms with E-state index < -0.39 is 0 Å². The fraction of sp³-hybridized carbons (Fsp3) is 0.286. The molecule has 2 rings (SSSR count). The maximum Gasteiger partial charge on any atom is 0.142 e. The Morgan fingerprint density at radius 3 is 2.67 bits per heavy atom. The average molecular weight is 243 g/mol. The summed E-state index contributed by atoms with van der Waals surface area (Å²) in [6, 6.07) is 7.83. The molecule has 2 aromatic heterocycles. The highest BCUT2D eigenvalue weighted by atomic mass is 16.5. The number of aromatic nitrogens is 2. The number of nitrogens with zero attached hydrogens (tertiary/aromatic N) is 2. The van der Waals surface area contributed by atoms with E-state index in [1.165, 1.54) is 5.56 Å². The van der Waals surface area contributed by atoms with Gasteiger partial charge in [-0.1, -0.05) is 0 Å². The predicted molar refractivity (Wildman–Crippen MR) is 70.3 cm³/mol. The monoisotopic (exact) mass is 243 g/mol. The highest BCUT2D eigenvalue weighted by Gasteiger charge is 2.04. The van der Waals surface area contributed by atoms with Crippen LogP contribution in [0.2, 0.25) is 0 Å². The summed E-state index contributed by atoms with van der Waals surface area (Å²) in [6.07, 6.45) is 4.42. The summed E-state index contributed by atoms with van der Waals surface area (Å²) in [5, 5.41) is 0. The third-order valence-corrected chi connectivity index (χ3v) is 2.66. The Labute approximate surface area is 107 Å². The fourth-order valence-corrected chi connectivity index (χ4v) is 1.70. The molecule has 4 heteroatoms. The van der Waals surface area contributed by atoms with E-state index in [2.05, 4.69) is 9.97 Å². The van der Waals surface area contributed by atoms with Crippen LogP contribution in [0.15, 0.2) is 36.7 Å². The number of ether oxygens (including phenoxy) is 1. The number of aryl methyl sites for hydroxylation is 1. The molecule has 0 atom stereocenters. The van der Waals surface area contributed by atoms with Gasteiger partial charge in [-0.15, -0.1) is 0 Å². The van der Waals surface area contributed by atoms with Gasteiger partial charge in [0.25, 0.3) is 0 Å². The number of rotatable bonds is 5. The normalized spacial score (nSPS) is 10.3. The van der Waals surface area contributed by atoms with Gasteiger partial charge in [-0.05, 0) is 36.8 Å². The van der Waals surface area contributed by atoms with Gasteiger partial charge in [0.15, 0.2) is 0 Å². The van der Waals surface area contributed by atoms with Gasteiger partial charge in [-0.2, -0.15) is 0 Å². The molecule has 2 N–H and O–H groups in total. The lowest BCUT2D eigenvalue weighted by molar-refractivity contribution is 0.316. The highest BCUT2D eigenvalue weighted by Crippen LogP contribution is 2.16. The summed E-state index contributed by atoms with van der Waals surface area (Å²) in [6.45, 7) is 2.95. The van der Waals surface area contributed by atoms with Crippen molar-refractivity contribution in [3.63, 3.8) is 0 Å². The summed E-state index contributed by atoms with van der Waals surface area (Å²) in [5.41, 5.74) is 8.62. The Morgan fingerprint density at radius 1 is 1.17 bits per heavy atom. The van der Waals surface area contributed by atoms with Gasteiger partial charge in [-0.3, -0.25) is 9.97 Å². The van der Waals surface area contributed by atoms with Crippen molar-refractivity contribution in [1.29, 1.82) is 0 Å². The third-order valence-electron chi connectivity index (χ3n) is 2.66. The lowest BCUT2D eigenvalue weighted by Crippen LogP contribution is -2.08. The van der Waals surface area contributed by atoms with E-state index in [9.17, 15) is 0 Å². The van der Waals surface area contributed by atoms with Crippen LogP contribution in [0.25, 0.3) is 0 Å². The second-order valence-electron chi connectivity index (χ2n) is 4.06. The van der Waals surface area contributed by atoms with E-state index in [0.717, 1.165) is 23.6 Å². The first kappa shape index (κ1) is 12.5. The Kier molecular flexibility index (Phi) is 4.25. The van der Waals surface area contributed by atoms with E-state index in [-0.39, 0.29) is 0 Å². The molecular weight excluding hydrogens is 226 g/mol. The van der Waals surface area contributed by atoms with Crippen LogP contribution in [0.3, 0.4) is 0 Å². The Bertz CT molecular complexity index is 500. The topological polar surface area (TPSA) is 61.0 Å². The van der Waals surface area contributed by atoms with Crippen LogP contribution in [0.4, 0.5) is 0 Å². The molecule has 0 spiro atoms. The minimum Gasteiger partial charge on any atom is -0.491 e. The molecule has 0 aromatic carbocycles. The maximum atomic E-state index is 5.72. The van der Waals surface area contributed by atoms with Crippen molar-refractivity contribution in [2.75, 3.05) is 6.61 Å². The van der Waals surface area contributed by atoms with Crippen LogP contribution in [0.5, 0.6) is 5.75 Å². The molecule has 2 aromatic rings. The first-order valence-corrected chi connectivity index (χ1v) is 5.98. The van der Waals surface area contributed by atoms with Crippen molar-refractivity contribution >= 4 is 0 Å². The molecule has 4 nitrogen and oxygen atoms in total. The van der Waals surface area contributed by atoms with Gasteiger partial charge in [0.2, 0.25) is 0 Å². The zero-order chi connectivity index (χ0) is 12.8. The van der Waals surface area contributed by atoms with Crippen LogP contribution in [-0.2, 0) is 13.0 Å². The maximum absolute atomic E-state index is 5.72. The van der Waals surface area contributed by atoms with Crippen molar-refractivity contribution < 1.29 is 4.74 Å². The van der Waals surface area contributed by atoms with Crippen molar-refractivity contribution in [3.8, 4) is 5.75 Å². The SMILES string of the molecule is Cc1ccc(OCCc2ccncc2)c(CN)n1. The van der Waals surface area contributed by atoms with Gasteiger partial charge >= 0.3 is 0 Å². The number of hydrogen-bond donors (Lipinski definition) is 1. The summed E-state index contributed by atoms with van der Waals surface area (Å²) < 4.78 is 5.72. The van der Waals surface area contributed by atoms with E-state index in [0.29, 0.717) is 13.2 Å². The minimum absolute atomic E-state index is 0.395. The molecule has 0 bridgehead atoms. The molecule has 0 saturated carbocycles. The number of pyridine rings is 2. The molecule has 18 heavy (non-hydrogen) atoms. The first-order valence-electron chi connectivity index (χ1n) is 5.98. The van der Waals surface area contributed by atoms with Gasteiger partial charge in [0.1, 0.15) is 5.75 Å². The van der Waals surface area contributed by atoms with Crippen LogP contribution < -0.4 is 10.5 Å². The van der Waals surface area contributed by atoms with Crippen LogP contribution in [0, 0.1) is 6.92 Å². The fourth-order valence-electron chi connectivity index (χ4n) is 1.70. The molecule has 2 heterocycles. The van der Waals surface area contributed by atoms with Crippen molar-refractivity contribution in [1.82, 2.24) is 9.97 Å². The second kappa shape index (κ2) is 6.12. The van der Waals surface area contributed by atoms with E-state index in [4.69, 9.17) is 10.5 Å². The molecule has 0 aliphatic rings. The number of hydrogen-bond acceptors (Lipinski definition) is 4. The number of nitrogens with two attached hydrogens (primary N) is 1. The smallest absolute Gasteiger partial charge is 0.142 e. The summed E-state index contributed by atoms with van der Waals surface area (Å²) in [5.74, 6) is 0.775. The molecule has 0 aliphatic carbocycles. The minimum atomic E-state index is 0.395. The zero-order valence-electron chi connectivity index (χ0n) is 10.5. The van der Waals surface area contributed by atoms with E-state index in [1.807, 2.05) is 31.2 Å². The lowest BCUT2D eigenvalue weighted by Gasteiger charge is -2.10. The van der Waals surface area contributed by atoms with Gasteiger partial charge in [0, 0.05) is 31.1 Å². The van der Waals surface area contributed by atoms with E-state index >= 15 is 0 Å². The first-order chi connectivity index (χ1) is 8.79. The molecule has 0 aliphatic heterocycles. The molecule has 0 unspecified atom stereocenters. The largest absolute Gasteiger partial charge is 0.491 e. The molecule has 0 saturated heterocycles. The Morgan fingerprint density at radius 2 is 1.94 bits per heavy atom. The quantitative estimate of drug-likeness (QED) is 0.870. The average Bonchev–Trinajstić information content (AvgIpc) is 2.41. The van der Waals surface area contributed by atoms with Crippen molar-refractivity contribution in [3.05, 3.63) is 53.6 Å². The molecule has 0 amide bonds. The Hall–Kier alpha value is -1.94. The summed E-state index contributed by atoms with van der Waals surface area (Å²) >= 11 is 0. The molecule has 0 radical (unpaired) electrons. The van der Waals surface area contributed by atoms with Crippen molar-refractivity contribution in [2.24, 2.45) is 5.73 Å². The van der Waals surface area contributed by atoms with E-state index in [1.54, 1.807) is 12.4 Å². The van der Waals surface area contributed by atoms with Crippen LogP contribution in [-0.4, -0.2) is 16.6 Å².